The summed E-state index contributed by atoms with van der Waals surface area (Å²) in [5.41, 5.74) is 1.23. The van der Waals surface area contributed by atoms with Crippen LogP contribution in [-0.2, 0) is 0 Å². The molecule has 3 heterocycles. The molecule has 1 amide bonds. The molecule has 0 spiro atoms. The van der Waals surface area contributed by atoms with E-state index in [1.807, 2.05) is 37.2 Å². The summed E-state index contributed by atoms with van der Waals surface area (Å²) in [6.07, 6.45) is 3.05. The number of amides is 1. The van der Waals surface area contributed by atoms with Gasteiger partial charge in [0.15, 0.2) is 5.82 Å². The highest BCUT2D eigenvalue weighted by Gasteiger charge is 2.33. The minimum absolute atomic E-state index is 0.148. The first-order chi connectivity index (χ1) is 12.0. The minimum atomic E-state index is -0.254. The van der Waals surface area contributed by atoms with E-state index in [1.54, 1.807) is 4.90 Å². The molecule has 25 heavy (non-hydrogen) atoms. The van der Waals surface area contributed by atoms with Crippen molar-refractivity contribution in [2.45, 2.75) is 18.9 Å². The highest BCUT2D eigenvalue weighted by atomic mass is 35.5. The van der Waals surface area contributed by atoms with E-state index in [0.717, 1.165) is 24.4 Å². The molecular weight excluding hydrogens is 340 g/mol. The zero-order valence-corrected chi connectivity index (χ0v) is 14.7. The summed E-state index contributed by atoms with van der Waals surface area (Å²) in [7, 11) is 3.79. The summed E-state index contributed by atoms with van der Waals surface area (Å²) in [6, 6.07) is 7.05. The molecule has 1 atom stereocenters. The molecule has 1 unspecified atom stereocenters. The topological polar surface area (TPSA) is 86.0 Å². The highest BCUT2D eigenvalue weighted by Crippen LogP contribution is 2.33. The third-order valence-corrected chi connectivity index (χ3v) is 4.45. The molecule has 2 aromatic heterocycles. The van der Waals surface area contributed by atoms with Gasteiger partial charge in [-0.15, -0.1) is 5.10 Å². The van der Waals surface area contributed by atoms with Crippen molar-refractivity contribution in [1.82, 2.24) is 20.1 Å². The lowest BCUT2D eigenvalue weighted by Crippen LogP contribution is -2.32. The molecule has 0 radical (unpaired) electrons. The number of likely N-dealkylation sites (tertiary alicyclic amines) is 1. The lowest BCUT2D eigenvalue weighted by molar-refractivity contribution is 0.0726. The van der Waals surface area contributed by atoms with Gasteiger partial charge >= 0.3 is 0 Å². The summed E-state index contributed by atoms with van der Waals surface area (Å²) < 4.78 is 0. The van der Waals surface area contributed by atoms with E-state index in [2.05, 4.69) is 15.2 Å². The molecular formula is C17H17ClN6O. The molecule has 0 aromatic carbocycles. The Bertz CT molecular complexity index is 830. The maximum Gasteiger partial charge on any atom is 0.274 e. The van der Waals surface area contributed by atoms with Crippen LogP contribution in [0.4, 0.5) is 5.82 Å². The minimum Gasteiger partial charge on any atom is -0.361 e. The molecule has 128 valence electrons. The Hall–Kier alpha value is -2.72. The summed E-state index contributed by atoms with van der Waals surface area (Å²) in [4.78, 5) is 20.5. The number of nitrogens with zero attached hydrogens (tertiary/aromatic N) is 6. The Balaban J connectivity index is 1.86. The molecule has 0 bridgehead atoms. The fraction of sp³-hybridized carbons (Fsp3) is 0.353. The average molecular weight is 357 g/mol. The van der Waals surface area contributed by atoms with Gasteiger partial charge in [0.05, 0.1) is 22.3 Å². The van der Waals surface area contributed by atoms with Crippen molar-refractivity contribution in [2.24, 2.45) is 0 Å². The van der Waals surface area contributed by atoms with E-state index in [0.29, 0.717) is 12.1 Å². The monoisotopic (exact) mass is 356 g/mol. The van der Waals surface area contributed by atoms with E-state index in [1.165, 1.54) is 12.3 Å². The molecule has 2 aromatic rings. The average Bonchev–Trinajstić information content (AvgIpc) is 3.10. The van der Waals surface area contributed by atoms with Crippen molar-refractivity contribution in [3.8, 4) is 6.07 Å². The number of nitriles is 1. The standard InChI is InChI=1S/C17H17ClN6O/c1-23(2)15-6-5-13(21-22-15)14-4-3-7-24(14)17(25)16-12(18)8-11(9-19)10-20-16/h5-6,8,10,14H,3-4,7H2,1-2H3. The quantitative estimate of drug-likeness (QED) is 0.839. The van der Waals surface area contributed by atoms with Crippen LogP contribution in [0, 0.1) is 11.3 Å². The van der Waals surface area contributed by atoms with Crippen LogP contribution in [-0.4, -0.2) is 46.6 Å². The van der Waals surface area contributed by atoms with Crippen LogP contribution in [0.2, 0.25) is 5.02 Å². The number of halogens is 1. The third kappa shape index (κ3) is 3.39. The Labute approximate surface area is 150 Å². The largest absolute Gasteiger partial charge is 0.361 e. The predicted molar refractivity (Wildman–Crippen MR) is 93.3 cm³/mol. The van der Waals surface area contributed by atoms with E-state index in [4.69, 9.17) is 16.9 Å². The normalized spacial score (nSPS) is 16.6. The molecule has 3 rings (SSSR count). The van der Waals surface area contributed by atoms with Gasteiger partial charge in [-0.1, -0.05) is 11.6 Å². The van der Waals surface area contributed by atoms with Crippen LogP contribution in [0.3, 0.4) is 0 Å². The van der Waals surface area contributed by atoms with Crippen molar-refractivity contribution in [3.63, 3.8) is 0 Å². The fourth-order valence-corrected chi connectivity index (χ4v) is 3.11. The smallest absolute Gasteiger partial charge is 0.274 e. The van der Waals surface area contributed by atoms with Gasteiger partial charge in [0.2, 0.25) is 0 Å². The van der Waals surface area contributed by atoms with Gasteiger partial charge in [-0.2, -0.15) is 10.4 Å². The molecule has 1 saturated heterocycles. The van der Waals surface area contributed by atoms with E-state index >= 15 is 0 Å². The van der Waals surface area contributed by atoms with Crippen LogP contribution >= 0.6 is 11.6 Å². The van der Waals surface area contributed by atoms with Crippen molar-refractivity contribution in [1.29, 1.82) is 5.26 Å². The van der Waals surface area contributed by atoms with Gasteiger partial charge in [0.1, 0.15) is 11.8 Å². The van der Waals surface area contributed by atoms with Gasteiger partial charge in [-0.25, -0.2) is 4.98 Å². The van der Waals surface area contributed by atoms with Crippen LogP contribution in [0.1, 0.15) is 40.6 Å². The maximum atomic E-state index is 12.9. The number of pyridine rings is 1. The van der Waals surface area contributed by atoms with Gasteiger partial charge in [-0.3, -0.25) is 4.79 Å². The van der Waals surface area contributed by atoms with Crippen LogP contribution in [0.15, 0.2) is 24.4 Å². The van der Waals surface area contributed by atoms with Crippen LogP contribution < -0.4 is 4.90 Å². The summed E-state index contributed by atoms with van der Waals surface area (Å²) in [5.74, 6) is 0.506. The lowest BCUT2D eigenvalue weighted by atomic mass is 10.1. The molecule has 1 aliphatic heterocycles. The first-order valence-corrected chi connectivity index (χ1v) is 8.26. The van der Waals surface area contributed by atoms with Crippen LogP contribution in [0.5, 0.6) is 0 Å². The van der Waals surface area contributed by atoms with Crippen molar-refractivity contribution in [2.75, 3.05) is 25.5 Å². The number of hydrogen-bond acceptors (Lipinski definition) is 6. The molecule has 1 fully saturated rings. The predicted octanol–water partition coefficient (Wildman–Crippen LogP) is 2.44. The zero-order chi connectivity index (χ0) is 18.0. The van der Waals surface area contributed by atoms with Gasteiger partial charge in [0.25, 0.3) is 5.91 Å². The number of aromatic nitrogens is 3. The van der Waals surface area contributed by atoms with Crippen molar-refractivity contribution in [3.05, 3.63) is 46.4 Å². The Morgan fingerprint density at radius 1 is 1.40 bits per heavy atom. The molecule has 8 heteroatoms. The van der Waals surface area contributed by atoms with E-state index < -0.39 is 0 Å². The number of rotatable bonds is 3. The first-order valence-electron chi connectivity index (χ1n) is 7.89. The molecule has 0 N–H and O–H groups in total. The maximum absolute atomic E-state index is 12.9. The van der Waals surface area contributed by atoms with E-state index in [-0.39, 0.29) is 22.7 Å². The molecule has 0 saturated carbocycles. The first kappa shape index (κ1) is 17.1. The highest BCUT2D eigenvalue weighted by molar-refractivity contribution is 6.33. The zero-order valence-electron chi connectivity index (χ0n) is 14.0. The second-order valence-electron chi connectivity index (χ2n) is 6.03. The van der Waals surface area contributed by atoms with Gasteiger partial charge < -0.3 is 9.80 Å². The van der Waals surface area contributed by atoms with Gasteiger partial charge in [0, 0.05) is 26.8 Å². The molecule has 1 aliphatic rings. The van der Waals surface area contributed by atoms with Crippen molar-refractivity contribution >= 4 is 23.3 Å². The Morgan fingerprint density at radius 2 is 2.20 bits per heavy atom. The second kappa shape index (κ2) is 7.03. The second-order valence-corrected chi connectivity index (χ2v) is 6.44. The third-order valence-electron chi connectivity index (χ3n) is 4.16. The summed E-state index contributed by atoms with van der Waals surface area (Å²) in [5, 5.41) is 17.5. The lowest BCUT2D eigenvalue weighted by Gasteiger charge is -2.24. The SMILES string of the molecule is CN(C)c1ccc(C2CCCN2C(=O)c2ncc(C#N)cc2Cl)nn1. The number of anilines is 1. The number of carbonyl (C=O) groups excluding carboxylic acids is 1. The summed E-state index contributed by atoms with van der Waals surface area (Å²) >= 11 is 6.14. The number of carbonyl (C=O) groups is 1. The van der Waals surface area contributed by atoms with Crippen molar-refractivity contribution < 1.29 is 4.79 Å². The van der Waals surface area contributed by atoms with Crippen LogP contribution in [0.25, 0.3) is 0 Å². The number of hydrogen-bond donors (Lipinski definition) is 0. The molecule has 7 nitrogen and oxygen atoms in total. The molecule has 0 aliphatic carbocycles. The summed E-state index contributed by atoms with van der Waals surface area (Å²) in [6.45, 7) is 0.610. The fourth-order valence-electron chi connectivity index (χ4n) is 2.86. The Morgan fingerprint density at radius 3 is 2.80 bits per heavy atom. The Kier molecular flexibility index (Phi) is 4.81. The van der Waals surface area contributed by atoms with Gasteiger partial charge in [-0.05, 0) is 31.0 Å². The van der Waals surface area contributed by atoms with E-state index in [9.17, 15) is 4.79 Å².